The van der Waals surface area contributed by atoms with E-state index < -0.39 is 0 Å². The van der Waals surface area contributed by atoms with Gasteiger partial charge < -0.3 is 19.4 Å². The fourth-order valence-electron chi connectivity index (χ4n) is 4.32. The van der Waals surface area contributed by atoms with Crippen LogP contribution in [-0.4, -0.2) is 45.3 Å². The number of carbonyl (C=O) groups is 2. The molecule has 0 spiro atoms. The standard InChI is InChI=1S/C27H25N5O4/c1-17-22(14-31-26(33)23-15-28-10-11-29-23)21-9-12-32(16-19(21)13-30-17)27(34)25-8-7-24(36-25)18-3-5-20(35-2)6-4-18/h3-8,10-11,13,15H,9,12,14,16H2,1-2H3,(H,31,33). The van der Waals surface area contributed by atoms with E-state index in [2.05, 4.69) is 20.3 Å². The minimum atomic E-state index is -0.293. The van der Waals surface area contributed by atoms with Gasteiger partial charge in [0.1, 0.15) is 17.2 Å². The maximum atomic E-state index is 13.2. The van der Waals surface area contributed by atoms with Crippen molar-refractivity contribution in [3.8, 4) is 17.1 Å². The van der Waals surface area contributed by atoms with Crippen LogP contribution in [0.15, 0.2) is 65.6 Å². The lowest BCUT2D eigenvalue weighted by atomic mass is 9.94. The van der Waals surface area contributed by atoms with Crippen LogP contribution in [0, 0.1) is 6.92 Å². The lowest BCUT2D eigenvalue weighted by molar-refractivity contribution is 0.0702. The van der Waals surface area contributed by atoms with E-state index in [1.54, 1.807) is 24.1 Å². The quantitative estimate of drug-likeness (QED) is 0.446. The Labute approximate surface area is 208 Å². The van der Waals surface area contributed by atoms with E-state index in [4.69, 9.17) is 9.15 Å². The molecule has 0 unspecified atom stereocenters. The molecule has 3 aromatic heterocycles. The third-order valence-electron chi connectivity index (χ3n) is 6.30. The van der Waals surface area contributed by atoms with Gasteiger partial charge in [-0.3, -0.25) is 19.6 Å². The zero-order chi connectivity index (χ0) is 25.1. The van der Waals surface area contributed by atoms with E-state index in [1.165, 1.54) is 18.6 Å². The van der Waals surface area contributed by atoms with Crippen LogP contribution in [0.1, 0.15) is 43.4 Å². The Kier molecular flexibility index (Phi) is 6.44. The topological polar surface area (TPSA) is 110 Å². The van der Waals surface area contributed by atoms with Gasteiger partial charge in [-0.1, -0.05) is 0 Å². The first kappa shape index (κ1) is 23.2. The Balaban J connectivity index is 1.29. The summed E-state index contributed by atoms with van der Waals surface area (Å²) in [4.78, 5) is 39.9. The molecule has 182 valence electrons. The van der Waals surface area contributed by atoms with Crippen molar-refractivity contribution >= 4 is 11.8 Å². The van der Waals surface area contributed by atoms with Crippen LogP contribution in [0.5, 0.6) is 5.75 Å². The number of pyridine rings is 1. The molecule has 36 heavy (non-hydrogen) atoms. The number of hydrogen-bond acceptors (Lipinski definition) is 7. The van der Waals surface area contributed by atoms with Crippen molar-refractivity contribution in [3.63, 3.8) is 0 Å². The molecule has 0 fully saturated rings. The van der Waals surface area contributed by atoms with Crippen LogP contribution >= 0.6 is 0 Å². The summed E-state index contributed by atoms with van der Waals surface area (Å²) in [7, 11) is 1.62. The molecular formula is C27H25N5O4. The molecular weight excluding hydrogens is 458 g/mol. The summed E-state index contributed by atoms with van der Waals surface area (Å²) in [6.45, 7) is 3.21. The Morgan fingerprint density at radius 2 is 1.92 bits per heavy atom. The molecule has 0 radical (unpaired) electrons. The number of rotatable bonds is 6. The van der Waals surface area contributed by atoms with E-state index in [0.717, 1.165) is 33.7 Å². The summed E-state index contributed by atoms with van der Waals surface area (Å²) >= 11 is 0. The summed E-state index contributed by atoms with van der Waals surface area (Å²) in [6.07, 6.45) is 6.90. The number of hydrogen-bond donors (Lipinski definition) is 1. The largest absolute Gasteiger partial charge is 0.497 e. The number of methoxy groups -OCH3 is 1. The molecule has 0 saturated carbocycles. The summed E-state index contributed by atoms with van der Waals surface area (Å²) in [5.74, 6) is 1.21. The lowest BCUT2D eigenvalue weighted by Crippen LogP contribution is -2.37. The van der Waals surface area contributed by atoms with Crippen molar-refractivity contribution in [3.05, 3.63) is 95.0 Å². The Bertz CT molecular complexity index is 1400. The number of nitrogens with zero attached hydrogens (tertiary/aromatic N) is 4. The molecule has 1 aromatic carbocycles. The zero-order valence-electron chi connectivity index (χ0n) is 20.0. The van der Waals surface area contributed by atoms with Crippen LogP contribution in [0.2, 0.25) is 0 Å². The molecule has 4 heterocycles. The van der Waals surface area contributed by atoms with E-state index in [-0.39, 0.29) is 17.5 Å². The Hall–Kier alpha value is -4.53. The third kappa shape index (κ3) is 4.68. The number of aryl methyl sites for hydroxylation is 1. The third-order valence-corrected chi connectivity index (χ3v) is 6.30. The molecule has 5 rings (SSSR count). The van der Waals surface area contributed by atoms with Crippen molar-refractivity contribution < 1.29 is 18.7 Å². The van der Waals surface area contributed by atoms with Crippen LogP contribution < -0.4 is 10.1 Å². The molecule has 0 aliphatic carbocycles. The predicted octanol–water partition coefficient (Wildman–Crippen LogP) is 3.58. The van der Waals surface area contributed by atoms with Crippen LogP contribution in [0.3, 0.4) is 0 Å². The number of amides is 2. The number of nitrogens with one attached hydrogen (secondary N) is 1. The van der Waals surface area contributed by atoms with Gasteiger partial charge in [-0.05, 0) is 66.4 Å². The monoisotopic (exact) mass is 483 g/mol. The number of aromatic nitrogens is 3. The molecule has 0 saturated heterocycles. The minimum absolute atomic E-state index is 0.168. The maximum absolute atomic E-state index is 13.2. The SMILES string of the molecule is COc1ccc(-c2ccc(C(=O)N3CCc4c(cnc(C)c4CNC(=O)c4cnccn4)C3)o2)cc1. The molecule has 1 aliphatic heterocycles. The van der Waals surface area contributed by atoms with Gasteiger partial charge in [-0.15, -0.1) is 0 Å². The second kappa shape index (κ2) is 9.99. The Morgan fingerprint density at radius 3 is 2.67 bits per heavy atom. The molecule has 0 bridgehead atoms. The van der Waals surface area contributed by atoms with Gasteiger partial charge in [0, 0.05) is 49.5 Å². The van der Waals surface area contributed by atoms with Gasteiger partial charge in [-0.2, -0.15) is 0 Å². The molecule has 1 aliphatic rings. The van der Waals surface area contributed by atoms with E-state index >= 15 is 0 Å². The van der Waals surface area contributed by atoms with Gasteiger partial charge in [0.15, 0.2) is 5.76 Å². The Morgan fingerprint density at radius 1 is 1.08 bits per heavy atom. The first-order valence-electron chi connectivity index (χ1n) is 11.6. The summed E-state index contributed by atoms with van der Waals surface area (Å²) < 4.78 is 11.1. The second-order valence-electron chi connectivity index (χ2n) is 8.47. The van der Waals surface area contributed by atoms with Crippen LogP contribution in [-0.2, 0) is 19.5 Å². The highest BCUT2D eigenvalue weighted by molar-refractivity contribution is 5.92. The van der Waals surface area contributed by atoms with Gasteiger partial charge in [0.2, 0.25) is 0 Å². The first-order valence-corrected chi connectivity index (χ1v) is 11.6. The summed E-state index contributed by atoms with van der Waals surface area (Å²) in [5, 5.41) is 2.91. The maximum Gasteiger partial charge on any atom is 0.289 e. The smallest absolute Gasteiger partial charge is 0.289 e. The number of benzene rings is 1. The number of carbonyl (C=O) groups excluding carboxylic acids is 2. The zero-order valence-corrected chi connectivity index (χ0v) is 20.0. The summed E-state index contributed by atoms with van der Waals surface area (Å²) in [5.41, 5.74) is 5.03. The molecule has 0 atom stereocenters. The number of fused-ring (bicyclic) bond motifs is 1. The van der Waals surface area contributed by atoms with Crippen molar-refractivity contribution in [2.24, 2.45) is 0 Å². The second-order valence-corrected chi connectivity index (χ2v) is 8.47. The average molecular weight is 484 g/mol. The van der Waals surface area contributed by atoms with Gasteiger partial charge in [-0.25, -0.2) is 4.98 Å². The average Bonchev–Trinajstić information content (AvgIpc) is 3.42. The minimum Gasteiger partial charge on any atom is -0.497 e. The highest BCUT2D eigenvalue weighted by atomic mass is 16.5. The van der Waals surface area contributed by atoms with E-state index in [9.17, 15) is 9.59 Å². The van der Waals surface area contributed by atoms with Crippen molar-refractivity contribution in [2.75, 3.05) is 13.7 Å². The normalized spacial score (nSPS) is 12.7. The van der Waals surface area contributed by atoms with E-state index in [1.807, 2.05) is 37.4 Å². The van der Waals surface area contributed by atoms with Crippen molar-refractivity contribution in [2.45, 2.75) is 26.4 Å². The number of furan rings is 1. The fourth-order valence-corrected chi connectivity index (χ4v) is 4.32. The number of ether oxygens (including phenoxy) is 1. The highest BCUT2D eigenvalue weighted by Crippen LogP contribution is 2.28. The van der Waals surface area contributed by atoms with Crippen LogP contribution in [0.25, 0.3) is 11.3 Å². The molecule has 9 nitrogen and oxygen atoms in total. The van der Waals surface area contributed by atoms with Crippen molar-refractivity contribution in [1.82, 2.24) is 25.2 Å². The van der Waals surface area contributed by atoms with E-state index in [0.29, 0.717) is 37.6 Å². The highest BCUT2D eigenvalue weighted by Gasteiger charge is 2.26. The molecule has 1 N–H and O–H groups in total. The predicted molar refractivity (Wildman–Crippen MR) is 131 cm³/mol. The lowest BCUT2D eigenvalue weighted by Gasteiger charge is -2.30. The molecule has 9 heteroatoms. The van der Waals surface area contributed by atoms with Gasteiger partial charge in [0.25, 0.3) is 11.8 Å². The molecule has 4 aromatic rings. The fraction of sp³-hybridized carbons (Fsp3) is 0.222. The summed E-state index contributed by atoms with van der Waals surface area (Å²) in [6, 6.07) is 11.0. The molecule has 2 amide bonds. The van der Waals surface area contributed by atoms with Crippen LogP contribution in [0.4, 0.5) is 0 Å². The van der Waals surface area contributed by atoms with Crippen molar-refractivity contribution in [1.29, 1.82) is 0 Å². The first-order chi connectivity index (χ1) is 17.5. The van der Waals surface area contributed by atoms with Gasteiger partial charge in [0.05, 0.1) is 13.3 Å². The van der Waals surface area contributed by atoms with Gasteiger partial charge >= 0.3 is 0 Å².